The van der Waals surface area contributed by atoms with Gasteiger partial charge in [0.15, 0.2) is 12.4 Å². The summed E-state index contributed by atoms with van der Waals surface area (Å²) < 4.78 is 21.2. The summed E-state index contributed by atoms with van der Waals surface area (Å²) in [4.78, 5) is 24.4. The number of hydrogen-bond acceptors (Lipinski definition) is 7. The zero-order valence-electron chi connectivity index (χ0n) is 14.7. The zero-order valence-corrected chi connectivity index (χ0v) is 14.7. The molecule has 1 unspecified atom stereocenters. The van der Waals surface area contributed by atoms with E-state index in [1.165, 1.54) is 7.11 Å². The maximum atomic E-state index is 12.3. The number of rotatable bonds is 6. The Balaban J connectivity index is 1.66. The van der Waals surface area contributed by atoms with Crippen LogP contribution in [0.2, 0.25) is 0 Å². The Labute approximate surface area is 156 Å². The summed E-state index contributed by atoms with van der Waals surface area (Å²) in [5.74, 6) is -1.15. The number of carbonyl (C=O) groups excluding carboxylic acids is 2. The van der Waals surface area contributed by atoms with E-state index in [9.17, 15) is 14.7 Å². The van der Waals surface area contributed by atoms with Gasteiger partial charge in [-0.25, -0.2) is 9.59 Å². The molecule has 27 heavy (non-hydrogen) atoms. The van der Waals surface area contributed by atoms with Crippen molar-refractivity contribution in [1.82, 2.24) is 0 Å². The van der Waals surface area contributed by atoms with Gasteiger partial charge < -0.3 is 24.1 Å². The average Bonchev–Trinajstić information content (AvgIpc) is 3.02. The van der Waals surface area contributed by atoms with Gasteiger partial charge >= 0.3 is 11.9 Å². The number of aliphatic hydroxyl groups is 1. The average molecular weight is 372 g/mol. The topological polar surface area (TPSA) is 91.3 Å². The Morgan fingerprint density at radius 1 is 0.963 bits per heavy atom. The summed E-state index contributed by atoms with van der Waals surface area (Å²) in [5.41, 5.74) is 0.725. The second-order valence-corrected chi connectivity index (χ2v) is 5.97. The van der Waals surface area contributed by atoms with Crippen molar-refractivity contribution in [2.24, 2.45) is 0 Å². The number of methoxy groups -OCH3 is 1. The lowest BCUT2D eigenvalue weighted by Gasteiger charge is -2.20. The number of aliphatic hydroxyl groups excluding tert-OH is 1. The van der Waals surface area contributed by atoms with Crippen molar-refractivity contribution in [2.45, 2.75) is 24.6 Å². The number of hydrogen-bond donors (Lipinski definition) is 1. The van der Waals surface area contributed by atoms with Crippen LogP contribution in [0.1, 0.15) is 20.7 Å². The van der Waals surface area contributed by atoms with E-state index in [0.29, 0.717) is 11.1 Å². The van der Waals surface area contributed by atoms with Crippen LogP contribution in [0.4, 0.5) is 0 Å². The van der Waals surface area contributed by atoms with Crippen molar-refractivity contribution in [3.63, 3.8) is 0 Å². The third kappa shape index (κ3) is 4.51. The quantitative estimate of drug-likeness (QED) is 0.773. The largest absolute Gasteiger partial charge is 0.459 e. The van der Waals surface area contributed by atoms with Crippen molar-refractivity contribution in [2.75, 3.05) is 13.7 Å². The number of carbonyl (C=O) groups is 2. The first-order valence-electron chi connectivity index (χ1n) is 8.44. The van der Waals surface area contributed by atoms with Crippen LogP contribution in [0.25, 0.3) is 0 Å². The van der Waals surface area contributed by atoms with E-state index in [1.807, 2.05) is 0 Å². The first-order chi connectivity index (χ1) is 13.1. The Morgan fingerprint density at radius 3 is 2.07 bits per heavy atom. The van der Waals surface area contributed by atoms with Gasteiger partial charge in [0.25, 0.3) is 0 Å². The maximum Gasteiger partial charge on any atom is 0.338 e. The Hall–Kier alpha value is -2.74. The fraction of sp³-hybridized carbons (Fsp3) is 0.300. The van der Waals surface area contributed by atoms with Crippen molar-refractivity contribution < 1.29 is 33.6 Å². The minimum atomic E-state index is -1.21. The zero-order chi connectivity index (χ0) is 19.2. The van der Waals surface area contributed by atoms with Gasteiger partial charge in [0.1, 0.15) is 18.8 Å². The van der Waals surface area contributed by atoms with E-state index in [1.54, 1.807) is 60.7 Å². The molecule has 1 fully saturated rings. The van der Waals surface area contributed by atoms with Crippen LogP contribution >= 0.6 is 0 Å². The van der Waals surface area contributed by atoms with Crippen LogP contribution in [-0.2, 0) is 18.9 Å². The highest BCUT2D eigenvalue weighted by atomic mass is 16.7. The van der Waals surface area contributed by atoms with E-state index >= 15 is 0 Å². The molecule has 7 nitrogen and oxygen atoms in total. The lowest BCUT2D eigenvalue weighted by molar-refractivity contribution is -0.153. The monoisotopic (exact) mass is 372 g/mol. The predicted molar refractivity (Wildman–Crippen MR) is 94.0 cm³/mol. The molecule has 1 N–H and O–H groups in total. The summed E-state index contributed by atoms with van der Waals surface area (Å²) >= 11 is 0. The molecule has 0 amide bonds. The molecule has 2 aromatic rings. The van der Waals surface area contributed by atoms with E-state index in [0.717, 1.165) is 0 Å². The molecule has 0 radical (unpaired) electrons. The van der Waals surface area contributed by atoms with Gasteiger partial charge in [0, 0.05) is 7.11 Å². The van der Waals surface area contributed by atoms with Crippen LogP contribution in [0, 0.1) is 0 Å². The Bertz CT molecular complexity index is 762. The van der Waals surface area contributed by atoms with E-state index in [2.05, 4.69) is 0 Å². The molecule has 3 rings (SSSR count). The molecule has 1 saturated heterocycles. The van der Waals surface area contributed by atoms with Crippen molar-refractivity contribution in [3.8, 4) is 0 Å². The molecule has 0 bridgehead atoms. The van der Waals surface area contributed by atoms with Crippen molar-refractivity contribution >= 4 is 11.9 Å². The molecule has 0 saturated carbocycles. The van der Waals surface area contributed by atoms with Crippen LogP contribution in [0.5, 0.6) is 0 Å². The predicted octanol–water partition coefficient (Wildman–Crippen LogP) is 1.80. The van der Waals surface area contributed by atoms with E-state index in [-0.39, 0.29) is 6.61 Å². The third-order valence-electron chi connectivity index (χ3n) is 4.16. The minimum absolute atomic E-state index is 0.197. The summed E-state index contributed by atoms with van der Waals surface area (Å²) in [7, 11) is 1.36. The lowest BCUT2D eigenvalue weighted by atomic mass is 10.1. The highest BCUT2D eigenvalue weighted by molar-refractivity contribution is 5.90. The van der Waals surface area contributed by atoms with Gasteiger partial charge in [-0.05, 0) is 24.3 Å². The van der Waals surface area contributed by atoms with Gasteiger partial charge in [-0.3, -0.25) is 0 Å². The number of ether oxygens (including phenoxy) is 4. The van der Waals surface area contributed by atoms with E-state index < -0.39 is 36.5 Å². The first kappa shape index (κ1) is 19.0. The molecule has 142 valence electrons. The van der Waals surface area contributed by atoms with Crippen LogP contribution in [0.3, 0.4) is 0 Å². The van der Waals surface area contributed by atoms with Crippen LogP contribution in [-0.4, -0.2) is 55.4 Å². The molecule has 4 atom stereocenters. The number of benzene rings is 2. The Morgan fingerprint density at radius 2 is 1.52 bits per heavy atom. The highest BCUT2D eigenvalue weighted by Crippen LogP contribution is 2.26. The summed E-state index contributed by atoms with van der Waals surface area (Å²) in [6, 6.07) is 16.9. The standard InChI is InChI=1S/C20H20O7/c1-24-20-16(21)17(27-19(23)14-10-6-3-7-11-14)15(26-20)12-25-18(22)13-8-4-2-5-9-13/h2-11,15-17,20-21H,12H2,1H3/t15-,16+,17-,20?/m0/s1. The van der Waals surface area contributed by atoms with Crippen molar-refractivity contribution in [3.05, 3.63) is 71.8 Å². The fourth-order valence-corrected chi connectivity index (χ4v) is 2.76. The smallest absolute Gasteiger partial charge is 0.338 e. The molecule has 1 aliphatic heterocycles. The maximum absolute atomic E-state index is 12.3. The minimum Gasteiger partial charge on any atom is -0.459 e. The summed E-state index contributed by atoms with van der Waals surface area (Å²) in [5, 5.41) is 10.3. The van der Waals surface area contributed by atoms with Gasteiger partial charge in [0.2, 0.25) is 0 Å². The highest BCUT2D eigenvalue weighted by Gasteiger charge is 2.47. The molecular weight excluding hydrogens is 352 g/mol. The SMILES string of the molecule is COC1O[C@@H](COC(=O)c2ccccc2)[C@H](OC(=O)c2ccccc2)[C@H]1O. The summed E-state index contributed by atoms with van der Waals surface area (Å²) in [6.45, 7) is -0.197. The molecule has 7 heteroatoms. The lowest BCUT2D eigenvalue weighted by Crippen LogP contribution is -2.39. The number of esters is 2. The van der Waals surface area contributed by atoms with Gasteiger partial charge in [-0.2, -0.15) is 0 Å². The molecule has 0 aromatic heterocycles. The molecule has 1 aliphatic rings. The van der Waals surface area contributed by atoms with Gasteiger partial charge in [-0.1, -0.05) is 36.4 Å². The molecule has 0 aliphatic carbocycles. The normalized spacial score (nSPS) is 24.4. The molecule has 0 spiro atoms. The van der Waals surface area contributed by atoms with Crippen LogP contribution in [0.15, 0.2) is 60.7 Å². The van der Waals surface area contributed by atoms with Gasteiger partial charge in [-0.15, -0.1) is 0 Å². The second kappa shape index (κ2) is 8.77. The Kier molecular flexibility index (Phi) is 6.18. The molecule has 2 aromatic carbocycles. The third-order valence-corrected chi connectivity index (χ3v) is 4.16. The van der Waals surface area contributed by atoms with Crippen LogP contribution < -0.4 is 0 Å². The van der Waals surface area contributed by atoms with E-state index in [4.69, 9.17) is 18.9 Å². The fourth-order valence-electron chi connectivity index (χ4n) is 2.76. The molecule has 1 heterocycles. The summed E-state index contributed by atoms with van der Waals surface area (Å²) in [6.07, 6.45) is -4.08. The second-order valence-electron chi connectivity index (χ2n) is 5.97. The molecular formula is C20H20O7. The first-order valence-corrected chi connectivity index (χ1v) is 8.44. The van der Waals surface area contributed by atoms with Crippen molar-refractivity contribution in [1.29, 1.82) is 0 Å². The van der Waals surface area contributed by atoms with Gasteiger partial charge in [0.05, 0.1) is 11.1 Å².